The third-order valence-electron chi connectivity index (χ3n) is 11.4. The van der Waals surface area contributed by atoms with Gasteiger partial charge in [-0.15, -0.1) is 0 Å². The number of amides is 3. The van der Waals surface area contributed by atoms with Crippen molar-refractivity contribution < 1.29 is 32.4 Å². The van der Waals surface area contributed by atoms with Crippen molar-refractivity contribution in [2.75, 3.05) is 106 Å². The van der Waals surface area contributed by atoms with E-state index in [1.807, 2.05) is 4.90 Å². The minimum absolute atomic E-state index is 0.0567. The van der Waals surface area contributed by atoms with Crippen molar-refractivity contribution >= 4 is 46.3 Å². The zero-order chi connectivity index (χ0) is 43.2. The van der Waals surface area contributed by atoms with E-state index in [9.17, 15) is 14.4 Å². The van der Waals surface area contributed by atoms with Gasteiger partial charge in [0.25, 0.3) is 11.8 Å². The van der Waals surface area contributed by atoms with Crippen LogP contribution in [0.2, 0.25) is 5.02 Å². The molecule has 3 amide bonds. The summed E-state index contributed by atoms with van der Waals surface area (Å²) in [6.07, 6.45) is 4.43. The van der Waals surface area contributed by atoms with Crippen LogP contribution in [-0.2, 0) is 16.6 Å². The Bertz CT molecular complexity index is 2060. The Hall–Kier alpha value is -4.70. The molecule has 1 aromatic heterocycles. The predicted octanol–water partition coefficient (Wildman–Crippen LogP) is 5.57. The van der Waals surface area contributed by atoms with Gasteiger partial charge >= 0.3 is 0 Å². The number of hydrogen-bond donors (Lipinski definition) is 2. The highest BCUT2D eigenvalue weighted by Crippen LogP contribution is 2.31. The van der Waals surface area contributed by atoms with Crippen molar-refractivity contribution in [3.05, 3.63) is 76.3 Å². The SMILES string of the molecule is CCC(CCN(C)CC1C[N+](C)(C)C1)C(=O)N1CCN(C(=O)c2ccc(NC(=O)c3ncc(-c4ccc(/C(=C/N(C)CCOC)C(C)=N)c(F)c4F)n3C)cc2Cl)CC1. The molecule has 13 nitrogen and oxygen atoms in total. The molecule has 1 unspecified atom stereocenters. The normalized spacial score (nSPS) is 16.2. The van der Waals surface area contributed by atoms with Crippen molar-refractivity contribution in [3.8, 4) is 11.3 Å². The van der Waals surface area contributed by atoms with E-state index < -0.39 is 17.5 Å². The van der Waals surface area contributed by atoms with Crippen molar-refractivity contribution in [3.63, 3.8) is 0 Å². The minimum Gasteiger partial charge on any atom is -0.383 e. The van der Waals surface area contributed by atoms with Crippen LogP contribution in [0, 0.1) is 28.9 Å². The van der Waals surface area contributed by atoms with Crippen LogP contribution in [0.5, 0.6) is 0 Å². The molecule has 0 bridgehead atoms. The molecule has 16 heteroatoms. The number of halogens is 3. The number of ether oxygens (including phenoxy) is 1. The summed E-state index contributed by atoms with van der Waals surface area (Å²) in [5.41, 5.74) is 0.831. The maximum atomic E-state index is 15.6. The van der Waals surface area contributed by atoms with Gasteiger partial charge in [0.05, 0.1) is 62.2 Å². The summed E-state index contributed by atoms with van der Waals surface area (Å²) in [7, 11) is 11.5. The third kappa shape index (κ3) is 10.9. The second-order valence-corrected chi connectivity index (χ2v) is 17.0. The quantitative estimate of drug-likeness (QED) is 0.135. The number of likely N-dealkylation sites (N-methyl/N-ethyl adjacent to an activating group) is 1. The Labute approximate surface area is 351 Å². The molecule has 320 valence electrons. The van der Waals surface area contributed by atoms with Gasteiger partial charge in [-0.2, -0.15) is 0 Å². The highest BCUT2D eigenvalue weighted by atomic mass is 35.5. The second-order valence-electron chi connectivity index (χ2n) is 16.5. The van der Waals surface area contributed by atoms with E-state index in [0.29, 0.717) is 50.9 Å². The lowest BCUT2D eigenvalue weighted by Gasteiger charge is -2.45. The van der Waals surface area contributed by atoms with Crippen LogP contribution in [0.4, 0.5) is 14.5 Å². The summed E-state index contributed by atoms with van der Waals surface area (Å²) in [4.78, 5) is 52.2. The molecule has 3 heterocycles. The van der Waals surface area contributed by atoms with Crippen LogP contribution in [0.1, 0.15) is 53.2 Å². The van der Waals surface area contributed by atoms with Gasteiger partial charge in [0.15, 0.2) is 17.5 Å². The van der Waals surface area contributed by atoms with E-state index in [1.165, 1.54) is 56.0 Å². The molecule has 59 heavy (non-hydrogen) atoms. The Balaban J connectivity index is 1.17. The average molecular weight is 839 g/mol. The molecule has 0 saturated carbocycles. The van der Waals surface area contributed by atoms with Crippen molar-refractivity contribution in [2.24, 2.45) is 18.9 Å². The monoisotopic (exact) mass is 838 g/mol. The van der Waals surface area contributed by atoms with Crippen LogP contribution < -0.4 is 5.32 Å². The molecule has 2 aliphatic rings. The summed E-state index contributed by atoms with van der Waals surface area (Å²) < 4.78 is 38.7. The van der Waals surface area contributed by atoms with E-state index >= 15 is 8.78 Å². The standard InChI is InChI=1S/C43H58ClF2N9O4/c1-9-30(14-15-50(3)24-29-26-55(6,7)27-29)42(57)53-16-18-54(19-17-53)43(58)33-11-10-31(22-36(33)44)49-41(56)40-48-23-37(52(40)5)34-13-12-32(38(45)39(34)46)35(28(2)47)25-51(4)20-21-59-8/h10-13,22-23,25,29-30,47H,9,14-21,24,26-27H2,1-8H3/p+1/b35-25+,47-28?. The van der Waals surface area contributed by atoms with Crippen LogP contribution >= 0.6 is 11.6 Å². The summed E-state index contributed by atoms with van der Waals surface area (Å²) in [6.45, 7) is 10.4. The number of carbonyl (C=O) groups excluding carboxylic acids is 3. The largest absolute Gasteiger partial charge is 0.383 e. The molecule has 0 spiro atoms. The fourth-order valence-electron chi connectivity index (χ4n) is 8.10. The molecule has 2 aliphatic heterocycles. The van der Waals surface area contributed by atoms with Gasteiger partial charge in [-0.25, -0.2) is 13.8 Å². The van der Waals surface area contributed by atoms with E-state index in [-0.39, 0.29) is 62.2 Å². The van der Waals surface area contributed by atoms with Crippen LogP contribution in [0.3, 0.4) is 0 Å². The molecule has 5 rings (SSSR count). The molecular weight excluding hydrogens is 780 g/mol. The molecule has 0 aliphatic carbocycles. The lowest BCUT2D eigenvalue weighted by molar-refractivity contribution is -0.938. The van der Waals surface area contributed by atoms with Crippen molar-refractivity contribution in [2.45, 2.75) is 26.7 Å². The zero-order valence-electron chi connectivity index (χ0n) is 35.6. The van der Waals surface area contributed by atoms with E-state index in [0.717, 1.165) is 30.4 Å². The Morgan fingerprint density at radius 1 is 1.05 bits per heavy atom. The van der Waals surface area contributed by atoms with E-state index in [2.05, 4.69) is 43.3 Å². The number of imidazole rings is 1. The average Bonchev–Trinajstić information content (AvgIpc) is 3.57. The molecule has 3 aromatic rings. The number of allylic oxidation sites excluding steroid dienone is 1. The first-order chi connectivity index (χ1) is 27.9. The molecule has 1 atom stereocenters. The molecule has 2 fully saturated rings. The lowest BCUT2D eigenvalue weighted by atomic mass is 9.96. The van der Waals surface area contributed by atoms with Gasteiger partial charge in [-0.05, 0) is 57.6 Å². The summed E-state index contributed by atoms with van der Waals surface area (Å²) in [5.74, 6) is -2.45. The number of anilines is 1. The smallest absolute Gasteiger partial charge is 0.291 e. The van der Waals surface area contributed by atoms with Crippen molar-refractivity contribution in [1.29, 1.82) is 5.41 Å². The van der Waals surface area contributed by atoms with Crippen LogP contribution in [0.15, 0.2) is 42.7 Å². The molecule has 0 radical (unpaired) electrons. The number of carbonyl (C=O) groups is 3. The van der Waals surface area contributed by atoms with Gasteiger partial charge in [-0.1, -0.05) is 24.6 Å². The first kappa shape index (κ1) is 45.4. The molecule has 2 aromatic carbocycles. The summed E-state index contributed by atoms with van der Waals surface area (Å²) in [6, 6.07) is 7.37. The molecular formula is C43H59ClF2N9O4+. The number of quaternary nitrogens is 1. The van der Waals surface area contributed by atoms with Gasteiger partial charge in [-0.3, -0.25) is 14.4 Å². The number of nitrogens with zero attached hydrogens (tertiary/aromatic N) is 7. The number of likely N-dealkylation sites (tertiary alicyclic amines) is 1. The first-order valence-corrected chi connectivity index (χ1v) is 20.5. The maximum Gasteiger partial charge on any atom is 0.291 e. The van der Waals surface area contributed by atoms with Gasteiger partial charge in [0, 0.05) is 101 Å². The summed E-state index contributed by atoms with van der Waals surface area (Å²) in [5, 5.41) is 11.0. The highest BCUT2D eigenvalue weighted by molar-refractivity contribution is 6.34. The lowest BCUT2D eigenvalue weighted by Crippen LogP contribution is -2.60. The first-order valence-electron chi connectivity index (χ1n) is 20.1. The Morgan fingerprint density at radius 3 is 2.32 bits per heavy atom. The number of aromatic nitrogens is 2. The Kier molecular flexibility index (Phi) is 15.1. The number of piperazine rings is 1. The zero-order valence-corrected chi connectivity index (χ0v) is 36.3. The van der Waals surface area contributed by atoms with Gasteiger partial charge < -0.3 is 44.1 Å². The van der Waals surface area contributed by atoms with E-state index in [1.54, 1.807) is 42.3 Å². The van der Waals surface area contributed by atoms with Crippen molar-refractivity contribution in [1.82, 2.24) is 29.2 Å². The van der Waals surface area contributed by atoms with Gasteiger partial charge in [0.1, 0.15) is 0 Å². The van der Waals surface area contributed by atoms with Gasteiger partial charge in [0.2, 0.25) is 5.91 Å². The maximum absolute atomic E-state index is 15.6. The topological polar surface area (TPSA) is 127 Å². The number of benzene rings is 2. The Morgan fingerprint density at radius 2 is 1.71 bits per heavy atom. The second kappa shape index (κ2) is 19.6. The fourth-order valence-corrected chi connectivity index (χ4v) is 8.36. The molecule has 2 N–H and O–H groups in total. The minimum atomic E-state index is -1.14. The van der Waals surface area contributed by atoms with Crippen LogP contribution in [-0.4, -0.2) is 158 Å². The highest BCUT2D eigenvalue weighted by Gasteiger charge is 2.37. The third-order valence-corrected chi connectivity index (χ3v) is 11.7. The van der Waals surface area contributed by atoms with Crippen LogP contribution in [0.25, 0.3) is 16.8 Å². The number of nitrogens with one attached hydrogen (secondary N) is 2. The number of methoxy groups -OCH3 is 1. The predicted molar refractivity (Wildman–Crippen MR) is 228 cm³/mol. The molecule has 2 saturated heterocycles. The number of rotatable bonds is 17. The fraction of sp³-hybridized carbons (Fsp3) is 0.512. The summed E-state index contributed by atoms with van der Waals surface area (Å²) >= 11 is 6.59. The van der Waals surface area contributed by atoms with E-state index in [4.69, 9.17) is 21.7 Å². The number of hydrogen-bond acceptors (Lipinski definition) is 8.